The van der Waals surface area contributed by atoms with Gasteiger partial charge in [-0.3, -0.25) is 9.78 Å². The summed E-state index contributed by atoms with van der Waals surface area (Å²) < 4.78 is 2.18. The van der Waals surface area contributed by atoms with Crippen molar-refractivity contribution in [3.8, 4) is 0 Å². The summed E-state index contributed by atoms with van der Waals surface area (Å²) in [5, 5.41) is 16.4. The van der Waals surface area contributed by atoms with E-state index in [1.807, 2.05) is 36.7 Å². The van der Waals surface area contributed by atoms with Gasteiger partial charge in [-0.05, 0) is 55.1 Å². The van der Waals surface area contributed by atoms with Crippen molar-refractivity contribution in [3.05, 3.63) is 53.9 Å². The summed E-state index contributed by atoms with van der Waals surface area (Å²) in [7, 11) is 2.05. The molecule has 0 spiro atoms. The predicted molar refractivity (Wildman–Crippen MR) is 104 cm³/mol. The van der Waals surface area contributed by atoms with Gasteiger partial charge < -0.3 is 15.0 Å². The molecule has 0 bridgehead atoms. The number of nitrogens with one attached hydrogen (secondary N) is 1. The maximum absolute atomic E-state index is 12.4. The number of aliphatic hydroxyl groups excluding tert-OH is 1. The van der Waals surface area contributed by atoms with E-state index in [4.69, 9.17) is 5.11 Å². The Morgan fingerprint density at radius 2 is 2.04 bits per heavy atom. The lowest BCUT2D eigenvalue weighted by Gasteiger charge is -2.10. The molecule has 0 aliphatic heterocycles. The minimum absolute atomic E-state index is 0.0829. The molecule has 4 aromatic rings. The van der Waals surface area contributed by atoms with Crippen molar-refractivity contribution in [1.29, 1.82) is 0 Å². The Bertz CT molecular complexity index is 1160. The highest BCUT2D eigenvalue weighted by molar-refractivity contribution is 6.15. The van der Waals surface area contributed by atoms with Gasteiger partial charge in [-0.15, -0.1) is 0 Å². The standard InChI is InChI=1S/C21H21N3O2/c1-12(11-25)23-21(26)14-4-5-19-17(8-14)18-9-15-10-22-7-6-16(15)13(2)20(18)24(19)3/h4-10,12,25H,11H2,1-3H3,(H,23,26). The van der Waals surface area contributed by atoms with Crippen molar-refractivity contribution in [2.75, 3.05) is 6.61 Å². The molecule has 132 valence electrons. The average Bonchev–Trinajstić information content (AvgIpc) is 2.94. The van der Waals surface area contributed by atoms with E-state index in [1.54, 1.807) is 6.92 Å². The van der Waals surface area contributed by atoms with E-state index in [0.29, 0.717) is 5.56 Å². The van der Waals surface area contributed by atoms with E-state index in [0.717, 1.165) is 21.7 Å². The molecule has 2 aromatic carbocycles. The largest absolute Gasteiger partial charge is 0.394 e. The molecule has 1 atom stereocenters. The molecule has 0 fully saturated rings. The molecule has 5 heteroatoms. The summed E-state index contributed by atoms with van der Waals surface area (Å²) >= 11 is 0. The monoisotopic (exact) mass is 347 g/mol. The highest BCUT2D eigenvalue weighted by Crippen LogP contribution is 2.35. The van der Waals surface area contributed by atoms with Crippen LogP contribution in [0.25, 0.3) is 32.6 Å². The zero-order chi connectivity index (χ0) is 18.4. The highest BCUT2D eigenvalue weighted by Gasteiger charge is 2.16. The Kier molecular flexibility index (Phi) is 3.89. The van der Waals surface area contributed by atoms with Gasteiger partial charge in [0.2, 0.25) is 0 Å². The number of fused-ring (bicyclic) bond motifs is 4. The van der Waals surface area contributed by atoms with E-state index in [1.165, 1.54) is 16.5 Å². The number of nitrogens with zero attached hydrogens (tertiary/aromatic N) is 2. The first-order chi connectivity index (χ1) is 12.5. The molecule has 1 unspecified atom stereocenters. The fourth-order valence-electron chi connectivity index (χ4n) is 3.71. The first-order valence-electron chi connectivity index (χ1n) is 8.68. The summed E-state index contributed by atoms with van der Waals surface area (Å²) in [6.07, 6.45) is 3.69. The SMILES string of the molecule is Cc1c2ccncc2cc2c3cc(C(=O)NC(C)CO)ccc3n(C)c12. The van der Waals surface area contributed by atoms with E-state index in [-0.39, 0.29) is 18.6 Å². The lowest BCUT2D eigenvalue weighted by Crippen LogP contribution is -2.34. The third-order valence-electron chi connectivity index (χ3n) is 5.06. The van der Waals surface area contributed by atoms with E-state index in [2.05, 4.69) is 34.9 Å². The summed E-state index contributed by atoms with van der Waals surface area (Å²) in [4.78, 5) is 16.7. The van der Waals surface area contributed by atoms with Gasteiger partial charge in [-0.2, -0.15) is 0 Å². The van der Waals surface area contributed by atoms with Crippen molar-refractivity contribution < 1.29 is 9.90 Å². The van der Waals surface area contributed by atoms with Crippen molar-refractivity contribution in [2.24, 2.45) is 7.05 Å². The number of carbonyl (C=O) groups is 1. The summed E-state index contributed by atoms with van der Waals surface area (Å²) in [5.41, 5.74) is 4.05. The third kappa shape index (κ3) is 2.44. The van der Waals surface area contributed by atoms with Gasteiger partial charge in [0.25, 0.3) is 5.91 Å². The Balaban J connectivity index is 1.98. The fraction of sp³-hybridized carbons (Fsp3) is 0.238. The van der Waals surface area contributed by atoms with Crippen LogP contribution in [0.5, 0.6) is 0 Å². The molecule has 0 saturated carbocycles. The molecule has 0 aliphatic rings. The molecule has 1 amide bonds. The smallest absolute Gasteiger partial charge is 0.251 e. The summed E-state index contributed by atoms with van der Waals surface area (Å²) in [6.45, 7) is 3.82. The lowest BCUT2D eigenvalue weighted by molar-refractivity contribution is 0.0922. The molecule has 2 N–H and O–H groups in total. The topological polar surface area (TPSA) is 67.2 Å². The maximum atomic E-state index is 12.4. The van der Waals surface area contributed by atoms with Crippen LogP contribution in [0.3, 0.4) is 0 Å². The van der Waals surface area contributed by atoms with Crippen molar-refractivity contribution in [3.63, 3.8) is 0 Å². The number of aryl methyl sites for hydroxylation is 2. The van der Waals surface area contributed by atoms with E-state index < -0.39 is 0 Å². The van der Waals surface area contributed by atoms with Crippen LogP contribution in [0.4, 0.5) is 0 Å². The predicted octanol–water partition coefficient (Wildman–Crippen LogP) is 3.30. The normalized spacial score (nSPS) is 12.8. The van der Waals surface area contributed by atoms with Gasteiger partial charge in [0.15, 0.2) is 0 Å². The number of aromatic nitrogens is 2. The Labute approximate surface area is 151 Å². The molecular formula is C21H21N3O2. The summed E-state index contributed by atoms with van der Waals surface area (Å²) in [6, 6.07) is 9.65. The Morgan fingerprint density at radius 3 is 2.81 bits per heavy atom. The first kappa shape index (κ1) is 16.5. The number of rotatable bonds is 3. The van der Waals surface area contributed by atoms with Crippen LogP contribution in [0, 0.1) is 6.92 Å². The maximum Gasteiger partial charge on any atom is 0.251 e. The quantitative estimate of drug-likeness (QED) is 0.597. The van der Waals surface area contributed by atoms with Crippen LogP contribution in [0.1, 0.15) is 22.8 Å². The van der Waals surface area contributed by atoms with Gasteiger partial charge >= 0.3 is 0 Å². The van der Waals surface area contributed by atoms with Crippen LogP contribution in [-0.2, 0) is 7.05 Å². The highest BCUT2D eigenvalue weighted by atomic mass is 16.3. The second kappa shape index (κ2) is 6.11. The van der Waals surface area contributed by atoms with Crippen molar-refractivity contribution in [2.45, 2.75) is 19.9 Å². The molecule has 0 saturated heterocycles. The second-order valence-corrected chi connectivity index (χ2v) is 6.84. The summed E-state index contributed by atoms with van der Waals surface area (Å²) in [5.74, 6) is -0.176. The van der Waals surface area contributed by atoms with E-state index >= 15 is 0 Å². The number of hydrogen-bond donors (Lipinski definition) is 2. The van der Waals surface area contributed by atoms with E-state index in [9.17, 15) is 4.79 Å². The van der Waals surface area contributed by atoms with Crippen LogP contribution < -0.4 is 5.32 Å². The molecule has 0 radical (unpaired) electrons. The number of aliphatic hydroxyl groups is 1. The Hall–Kier alpha value is -2.92. The van der Waals surface area contributed by atoms with Crippen molar-refractivity contribution in [1.82, 2.24) is 14.9 Å². The van der Waals surface area contributed by atoms with Crippen LogP contribution in [0.15, 0.2) is 42.7 Å². The molecule has 2 heterocycles. The van der Waals surface area contributed by atoms with Crippen LogP contribution >= 0.6 is 0 Å². The van der Waals surface area contributed by atoms with Gasteiger partial charge in [-0.1, -0.05) is 0 Å². The third-order valence-corrected chi connectivity index (χ3v) is 5.06. The second-order valence-electron chi connectivity index (χ2n) is 6.84. The zero-order valence-corrected chi connectivity index (χ0v) is 15.1. The van der Waals surface area contributed by atoms with Crippen LogP contribution in [-0.4, -0.2) is 33.2 Å². The van der Waals surface area contributed by atoms with Crippen LogP contribution in [0.2, 0.25) is 0 Å². The van der Waals surface area contributed by atoms with Gasteiger partial charge in [-0.25, -0.2) is 0 Å². The fourth-order valence-corrected chi connectivity index (χ4v) is 3.71. The van der Waals surface area contributed by atoms with Crippen molar-refractivity contribution >= 4 is 38.5 Å². The number of amides is 1. The number of benzene rings is 2. The molecule has 0 aliphatic carbocycles. The number of carbonyl (C=O) groups excluding carboxylic acids is 1. The molecule has 26 heavy (non-hydrogen) atoms. The molecular weight excluding hydrogens is 326 g/mol. The minimum atomic E-state index is -0.275. The Morgan fingerprint density at radius 1 is 1.23 bits per heavy atom. The molecule has 2 aromatic heterocycles. The number of hydrogen-bond acceptors (Lipinski definition) is 3. The van der Waals surface area contributed by atoms with Gasteiger partial charge in [0, 0.05) is 52.7 Å². The molecule has 5 nitrogen and oxygen atoms in total. The minimum Gasteiger partial charge on any atom is -0.394 e. The molecule has 4 rings (SSSR count). The lowest BCUT2D eigenvalue weighted by atomic mass is 10.0. The average molecular weight is 347 g/mol. The first-order valence-corrected chi connectivity index (χ1v) is 8.68. The zero-order valence-electron chi connectivity index (χ0n) is 15.1. The van der Waals surface area contributed by atoms with Gasteiger partial charge in [0.05, 0.1) is 12.1 Å². The van der Waals surface area contributed by atoms with Gasteiger partial charge in [0.1, 0.15) is 0 Å². The number of pyridine rings is 1.